The van der Waals surface area contributed by atoms with E-state index in [0.717, 1.165) is 18.0 Å². The predicted octanol–water partition coefficient (Wildman–Crippen LogP) is 0.963. The van der Waals surface area contributed by atoms with Crippen molar-refractivity contribution in [2.75, 3.05) is 19.7 Å². The summed E-state index contributed by atoms with van der Waals surface area (Å²) in [5.74, 6) is 0.817. The highest BCUT2D eigenvalue weighted by molar-refractivity contribution is 5.03. The number of aliphatic hydroxyl groups excluding tert-OH is 1. The summed E-state index contributed by atoms with van der Waals surface area (Å²) >= 11 is 0. The van der Waals surface area contributed by atoms with E-state index in [0.29, 0.717) is 13.1 Å². The number of aryl methyl sites for hydroxylation is 1. The zero-order chi connectivity index (χ0) is 10.4. The molecule has 0 atom stereocenters. The maximum Gasteiger partial charge on any atom is 0.150 e. The Morgan fingerprint density at radius 1 is 1.71 bits per heavy atom. The molecule has 1 aromatic rings. The third kappa shape index (κ3) is 3.32. The van der Waals surface area contributed by atoms with Gasteiger partial charge in [0.15, 0.2) is 5.76 Å². The fraction of sp³-hybridized carbons (Fsp3) is 0.500. The number of aromatic nitrogens is 1. The van der Waals surface area contributed by atoms with Crippen LogP contribution in [-0.2, 0) is 6.54 Å². The second-order valence-electron chi connectivity index (χ2n) is 3.18. The number of hydrogen-bond acceptors (Lipinski definition) is 4. The van der Waals surface area contributed by atoms with Gasteiger partial charge < -0.3 is 9.63 Å². The molecular formula is C10H16N2O2. The van der Waals surface area contributed by atoms with Crippen molar-refractivity contribution in [1.29, 1.82) is 0 Å². The van der Waals surface area contributed by atoms with Crippen LogP contribution in [0.2, 0.25) is 0 Å². The Bertz CT molecular complexity index is 283. The van der Waals surface area contributed by atoms with Crippen molar-refractivity contribution in [3.63, 3.8) is 0 Å². The summed E-state index contributed by atoms with van der Waals surface area (Å²) in [5, 5.41) is 12.6. The Morgan fingerprint density at radius 3 is 3.00 bits per heavy atom. The molecule has 0 aliphatic carbocycles. The van der Waals surface area contributed by atoms with E-state index in [4.69, 9.17) is 9.63 Å². The highest BCUT2D eigenvalue weighted by Crippen LogP contribution is 2.06. The number of hydrogen-bond donors (Lipinski definition) is 1. The van der Waals surface area contributed by atoms with Gasteiger partial charge in [-0.1, -0.05) is 11.2 Å². The van der Waals surface area contributed by atoms with Crippen LogP contribution in [0.1, 0.15) is 11.5 Å². The minimum atomic E-state index is 0.140. The Morgan fingerprint density at radius 2 is 2.50 bits per heavy atom. The Labute approximate surface area is 83.8 Å². The van der Waals surface area contributed by atoms with E-state index in [-0.39, 0.29) is 6.61 Å². The lowest BCUT2D eigenvalue weighted by Crippen LogP contribution is -2.26. The van der Waals surface area contributed by atoms with Crippen molar-refractivity contribution in [2.45, 2.75) is 13.5 Å². The fourth-order valence-electron chi connectivity index (χ4n) is 1.27. The molecule has 14 heavy (non-hydrogen) atoms. The highest BCUT2D eigenvalue weighted by atomic mass is 16.5. The summed E-state index contributed by atoms with van der Waals surface area (Å²) < 4.78 is 5.08. The first-order valence-corrected chi connectivity index (χ1v) is 4.62. The Kier molecular flexibility index (Phi) is 4.35. The molecule has 0 aliphatic rings. The van der Waals surface area contributed by atoms with Crippen LogP contribution in [0.15, 0.2) is 23.2 Å². The van der Waals surface area contributed by atoms with Crippen molar-refractivity contribution in [2.24, 2.45) is 0 Å². The van der Waals surface area contributed by atoms with Gasteiger partial charge in [0.25, 0.3) is 0 Å². The third-order valence-electron chi connectivity index (χ3n) is 1.86. The van der Waals surface area contributed by atoms with Gasteiger partial charge in [0.05, 0.1) is 18.8 Å². The standard InChI is InChI=1S/C10H16N2O2/c1-3-4-12(5-6-13)8-10-7-9(2)11-14-10/h3,7,13H,1,4-6,8H2,2H3. The SMILES string of the molecule is C=CCN(CCO)Cc1cc(C)no1. The van der Waals surface area contributed by atoms with Crippen molar-refractivity contribution in [1.82, 2.24) is 10.1 Å². The largest absolute Gasteiger partial charge is 0.395 e. The molecule has 1 aromatic heterocycles. The van der Waals surface area contributed by atoms with Crippen LogP contribution in [0.4, 0.5) is 0 Å². The van der Waals surface area contributed by atoms with Crippen molar-refractivity contribution in [3.8, 4) is 0 Å². The Balaban J connectivity index is 2.49. The van der Waals surface area contributed by atoms with Gasteiger partial charge >= 0.3 is 0 Å². The van der Waals surface area contributed by atoms with Gasteiger partial charge in [-0.3, -0.25) is 4.90 Å². The molecule has 0 aromatic carbocycles. The van der Waals surface area contributed by atoms with E-state index in [2.05, 4.69) is 11.7 Å². The monoisotopic (exact) mass is 196 g/mol. The zero-order valence-electron chi connectivity index (χ0n) is 8.44. The van der Waals surface area contributed by atoms with E-state index >= 15 is 0 Å². The molecule has 0 amide bonds. The van der Waals surface area contributed by atoms with E-state index in [1.807, 2.05) is 17.9 Å². The average molecular weight is 196 g/mol. The van der Waals surface area contributed by atoms with Crippen LogP contribution in [0.5, 0.6) is 0 Å². The quantitative estimate of drug-likeness (QED) is 0.688. The van der Waals surface area contributed by atoms with Gasteiger partial charge in [-0.25, -0.2) is 0 Å². The molecule has 4 heteroatoms. The Hall–Kier alpha value is -1.13. The average Bonchev–Trinajstić information content (AvgIpc) is 2.52. The second-order valence-corrected chi connectivity index (χ2v) is 3.18. The van der Waals surface area contributed by atoms with Crippen LogP contribution in [0.3, 0.4) is 0 Å². The predicted molar refractivity (Wildman–Crippen MR) is 53.8 cm³/mol. The van der Waals surface area contributed by atoms with Crippen molar-refractivity contribution < 1.29 is 9.63 Å². The molecule has 1 rings (SSSR count). The molecule has 1 N–H and O–H groups in total. The smallest absolute Gasteiger partial charge is 0.150 e. The van der Waals surface area contributed by atoms with E-state index < -0.39 is 0 Å². The van der Waals surface area contributed by atoms with Crippen LogP contribution in [0.25, 0.3) is 0 Å². The molecule has 0 saturated carbocycles. The number of aliphatic hydroxyl groups is 1. The summed E-state index contributed by atoms with van der Waals surface area (Å²) in [6.45, 7) is 7.70. The molecule has 0 unspecified atom stereocenters. The van der Waals surface area contributed by atoms with Crippen LogP contribution in [0, 0.1) is 6.92 Å². The molecule has 0 bridgehead atoms. The maximum atomic E-state index is 8.82. The molecule has 1 heterocycles. The molecular weight excluding hydrogens is 180 g/mol. The molecule has 0 radical (unpaired) electrons. The number of nitrogens with zero attached hydrogens (tertiary/aromatic N) is 2. The van der Waals surface area contributed by atoms with Crippen LogP contribution < -0.4 is 0 Å². The lowest BCUT2D eigenvalue weighted by Gasteiger charge is -2.16. The molecule has 0 spiro atoms. The minimum Gasteiger partial charge on any atom is -0.395 e. The first-order valence-electron chi connectivity index (χ1n) is 4.62. The van der Waals surface area contributed by atoms with Crippen LogP contribution in [-0.4, -0.2) is 34.9 Å². The van der Waals surface area contributed by atoms with E-state index in [9.17, 15) is 0 Å². The van der Waals surface area contributed by atoms with Crippen LogP contribution >= 0.6 is 0 Å². The minimum absolute atomic E-state index is 0.140. The van der Waals surface area contributed by atoms with Gasteiger partial charge in [-0.05, 0) is 6.92 Å². The summed E-state index contributed by atoms with van der Waals surface area (Å²) in [7, 11) is 0. The fourth-order valence-corrected chi connectivity index (χ4v) is 1.27. The van der Waals surface area contributed by atoms with E-state index in [1.165, 1.54) is 0 Å². The zero-order valence-corrected chi connectivity index (χ0v) is 8.44. The normalized spacial score (nSPS) is 10.8. The maximum absolute atomic E-state index is 8.82. The second kappa shape index (κ2) is 5.57. The lowest BCUT2D eigenvalue weighted by molar-refractivity contribution is 0.189. The number of rotatable bonds is 6. The summed E-state index contributed by atoms with van der Waals surface area (Å²) in [5.41, 5.74) is 0.877. The molecule has 0 fully saturated rings. The van der Waals surface area contributed by atoms with Crippen molar-refractivity contribution >= 4 is 0 Å². The first-order chi connectivity index (χ1) is 6.76. The molecule has 0 aliphatic heterocycles. The van der Waals surface area contributed by atoms with Gasteiger partial charge in [0.1, 0.15) is 0 Å². The van der Waals surface area contributed by atoms with Gasteiger partial charge in [-0.15, -0.1) is 6.58 Å². The van der Waals surface area contributed by atoms with Gasteiger partial charge in [0.2, 0.25) is 0 Å². The summed E-state index contributed by atoms with van der Waals surface area (Å²) in [6.07, 6.45) is 1.80. The molecule has 0 saturated heterocycles. The summed E-state index contributed by atoms with van der Waals surface area (Å²) in [4.78, 5) is 2.03. The first kappa shape index (κ1) is 10.9. The summed E-state index contributed by atoms with van der Waals surface area (Å²) in [6, 6.07) is 1.90. The van der Waals surface area contributed by atoms with Gasteiger partial charge in [0, 0.05) is 19.2 Å². The lowest BCUT2D eigenvalue weighted by atomic mass is 10.3. The third-order valence-corrected chi connectivity index (χ3v) is 1.86. The topological polar surface area (TPSA) is 49.5 Å². The molecule has 78 valence electrons. The highest BCUT2D eigenvalue weighted by Gasteiger charge is 2.07. The van der Waals surface area contributed by atoms with Crippen molar-refractivity contribution in [3.05, 3.63) is 30.2 Å². The molecule has 4 nitrogen and oxygen atoms in total. The van der Waals surface area contributed by atoms with Gasteiger partial charge in [-0.2, -0.15) is 0 Å². The van der Waals surface area contributed by atoms with E-state index in [1.54, 1.807) is 6.08 Å².